The summed E-state index contributed by atoms with van der Waals surface area (Å²) < 4.78 is 0. The summed E-state index contributed by atoms with van der Waals surface area (Å²) in [6.45, 7) is 4.45. The largest absolute Gasteiger partial charge is 0.480 e. The van der Waals surface area contributed by atoms with Gasteiger partial charge in [-0.15, -0.1) is 0 Å². The summed E-state index contributed by atoms with van der Waals surface area (Å²) in [5.41, 5.74) is 0.851. The van der Waals surface area contributed by atoms with E-state index in [0.29, 0.717) is 18.0 Å². The number of anilines is 1. The Morgan fingerprint density at radius 3 is 2.62 bits per heavy atom. The van der Waals surface area contributed by atoms with Crippen molar-refractivity contribution in [1.29, 1.82) is 0 Å². The average Bonchev–Trinajstić information content (AvgIpc) is 2.25. The molecule has 4 heteroatoms. The van der Waals surface area contributed by atoms with Gasteiger partial charge >= 0.3 is 5.97 Å². The van der Waals surface area contributed by atoms with E-state index in [9.17, 15) is 4.79 Å². The first-order valence-electron chi connectivity index (χ1n) is 5.35. The number of carboxylic acids is 1. The number of halogens is 1. The van der Waals surface area contributed by atoms with E-state index in [0.717, 1.165) is 5.69 Å². The molecule has 0 fully saturated rings. The molecule has 1 N–H and O–H groups in total. The molecule has 0 amide bonds. The van der Waals surface area contributed by atoms with Gasteiger partial charge in [-0.1, -0.05) is 24.6 Å². The SMILES string of the molecule is CC[C@H](C(=O)O)N(CC)c1cccc(Cl)c1. The smallest absolute Gasteiger partial charge is 0.326 e. The molecular weight excluding hydrogens is 226 g/mol. The third-order valence-electron chi connectivity index (χ3n) is 2.53. The van der Waals surface area contributed by atoms with E-state index < -0.39 is 12.0 Å². The molecule has 0 aliphatic heterocycles. The van der Waals surface area contributed by atoms with Gasteiger partial charge in [-0.3, -0.25) is 0 Å². The molecular formula is C12H16ClNO2. The minimum Gasteiger partial charge on any atom is -0.480 e. The van der Waals surface area contributed by atoms with Crippen molar-refractivity contribution in [1.82, 2.24) is 0 Å². The van der Waals surface area contributed by atoms with Gasteiger partial charge in [0, 0.05) is 17.3 Å². The molecule has 0 saturated heterocycles. The van der Waals surface area contributed by atoms with Gasteiger partial charge in [0.2, 0.25) is 0 Å². The summed E-state index contributed by atoms with van der Waals surface area (Å²) in [5, 5.41) is 9.75. The monoisotopic (exact) mass is 241 g/mol. The molecule has 0 unspecified atom stereocenters. The molecule has 0 radical (unpaired) electrons. The lowest BCUT2D eigenvalue weighted by Crippen LogP contribution is -2.40. The molecule has 0 aromatic heterocycles. The van der Waals surface area contributed by atoms with Crippen LogP contribution in [0.2, 0.25) is 5.02 Å². The molecule has 0 bridgehead atoms. The summed E-state index contributed by atoms with van der Waals surface area (Å²) in [4.78, 5) is 13.0. The quantitative estimate of drug-likeness (QED) is 0.862. The molecule has 1 rings (SSSR count). The normalized spacial score (nSPS) is 12.2. The predicted molar refractivity (Wildman–Crippen MR) is 66.2 cm³/mol. The lowest BCUT2D eigenvalue weighted by Gasteiger charge is -2.29. The zero-order valence-electron chi connectivity index (χ0n) is 9.48. The van der Waals surface area contributed by atoms with Gasteiger partial charge in [-0.25, -0.2) is 4.79 Å². The van der Waals surface area contributed by atoms with Crippen molar-refractivity contribution in [3.63, 3.8) is 0 Å². The van der Waals surface area contributed by atoms with E-state index in [-0.39, 0.29) is 0 Å². The maximum atomic E-state index is 11.1. The minimum absolute atomic E-state index is 0.497. The number of carbonyl (C=O) groups is 1. The molecule has 0 aliphatic rings. The van der Waals surface area contributed by atoms with Crippen molar-refractivity contribution < 1.29 is 9.90 Å². The Labute approximate surface area is 101 Å². The van der Waals surface area contributed by atoms with Gasteiger partial charge in [0.05, 0.1) is 0 Å². The van der Waals surface area contributed by atoms with Crippen molar-refractivity contribution >= 4 is 23.3 Å². The Morgan fingerprint density at radius 2 is 2.19 bits per heavy atom. The zero-order chi connectivity index (χ0) is 12.1. The summed E-state index contributed by atoms with van der Waals surface area (Å²) in [6, 6.07) is 6.77. The van der Waals surface area contributed by atoms with Crippen LogP contribution >= 0.6 is 11.6 Å². The first-order valence-corrected chi connectivity index (χ1v) is 5.73. The summed E-state index contributed by atoms with van der Waals surface area (Å²) in [6.07, 6.45) is 0.565. The van der Waals surface area contributed by atoms with E-state index in [2.05, 4.69) is 0 Å². The van der Waals surface area contributed by atoms with Gasteiger partial charge in [0.1, 0.15) is 6.04 Å². The summed E-state index contributed by atoms with van der Waals surface area (Å²) in [5.74, 6) is -0.802. The molecule has 16 heavy (non-hydrogen) atoms. The average molecular weight is 242 g/mol. The van der Waals surface area contributed by atoms with Gasteiger partial charge in [0.15, 0.2) is 0 Å². The lowest BCUT2D eigenvalue weighted by atomic mass is 10.1. The Morgan fingerprint density at radius 1 is 1.50 bits per heavy atom. The molecule has 1 atom stereocenters. The third kappa shape index (κ3) is 2.89. The van der Waals surface area contributed by atoms with Gasteiger partial charge in [-0.2, -0.15) is 0 Å². The Kier molecular flexibility index (Phi) is 4.62. The molecule has 1 aromatic rings. The van der Waals surface area contributed by atoms with Crippen LogP contribution in [-0.4, -0.2) is 23.7 Å². The maximum absolute atomic E-state index is 11.1. The first-order chi connectivity index (χ1) is 7.60. The number of rotatable bonds is 5. The Hall–Kier alpha value is -1.22. The van der Waals surface area contributed by atoms with Crippen LogP contribution in [0.5, 0.6) is 0 Å². The highest BCUT2D eigenvalue weighted by Gasteiger charge is 2.22. The first kappa shape index (κ1) is 12.8. The number of benzene rings is 1. The van der Waals surface area contributed by atoms with Crippen molar-refractivity contribution in [2.24, 2.45) is 0 Å². The second-order valence-electron chi connectivity index (χ2n) is 3.53. The molecule has 3 nitrogen and oxygen atoms in total. The molecule has 0 aliphatic carbocycles. The number of hydrogen-bond donors (Lipinski definition) is 1. The van der Waals surface area contributed by atoms with Crippen LogP contribution in [0.25, 0.3) is 0 Å². The van der Waals surface area contributed by atoms with Crippen molar-refractivity contribution in [3.05, 3.63) is 29.3 Å². The Balaban J connectivity index is 3.01. The van der Waals surface area contributed by atoms with Crippen LogP contribution < -0.4 is 4.90 Å². The second-order valence-corrected chi connectivity index (χ2v) is 3.96. The summed E-state index contributed by atoms with van der Waals surface area (Å²) in [7, 11) is 0. The van der Waals surface area contributed by atoms with E-state index in [1.165, 1.54) is 0 Å². The number of carboxylic acid groups (broad SMARTS) is 1. The molecule has 1 aromatic carbocycles. The van der Waals surface area contributed by atoms with Crippen LogP contribution in [0.3, 0.4) is 0 Å². The number of likely N-dealkylation sites (N-methyl/N-ethyl adjacent to an activating group) is 1. The molecule has 0 saturated carbocycles. The van der Waals surface area contributed by atoms with Gasteiger partial charge in [-0.05, 0) is 31.5 Å². The van der Waals surface area contributed by atoms with Gasteiger partial charge in [0.25, 0.3) is 0 Å². The van der Waals surface area contributed by atoms with E-state index in [4.69, 9.17) is 16.7 Å². The number of hydrogen-bond acceptors (Lipinski definition) is 2. The highest BCUT2D eigenvalue weighted by atomic mass is 35.5. The van der Waals surface area contributed by atoms with Crippen molar-refractivity contribution in [2.45, 2.75) is 26.3 Å². The fourth-order valence-corrected chi connectivity index (χ4v) is 1.95. The van der Waals surface area contributed by atoms with E-state index in [1.54, 1.807) is 12.1 Å². The highest BCUT2D eigenvalue weighted by Crippen LogP contribution is 2.22. The lowest BCUT2D eigenvalue weighted by molar-refractivity contribution is -0.138. The number of aliphatic carboxylic acids is 1. The van der Waals surface area contributed by atoms with Crippen LogP contribution in [-0.2, 0) is 4.79 Å². The predicted octanol–water partition coefficient (Wildman–Crippen LogP) is 3.03. The molecule has 88 valence electrons. The zero-order valence-corrected chi connectivity index (χ0v) is 10.2. The second kappa shape index (κ2) is 5.75. The fraction of sp³-hybridized carbons (Fsp3) is 0.417. The van der Waals surface area contributed by atoms with E-state index >= 15 is 0 Å². The van der Waals surface area contributed by atoms with Crippen LogP contribution in [0.4, 0.5) is 5.69 Å². The topological polar surface area (TPSA) is 40.5 Å². The van der Waals surface area contributed by atoms with Crippen LogP contribution in [0.1, 0.15) is 20.3 Å². The number of nitrogens with zero attached hydrogens (tertiary/aromatic N) is 1. The molecule has 0 spiro atoms. The van der Waals surface area contributed by atoms with Crippen LogP contribution in [0.15, 0.2) is 24.3 Å². The van der Waals surface area contributed by atoms with E-state index in [1.807, 2.05) is 30.9 Å². The summed E-state index contributed by atoms with van der Waals surface area (Å²) >= 11 is 5.90. The Bertz CT molecular complexity index is 368. The minimum atomic E-state index is -0.802. The van der Waals surface area contributed by atoms with Gasteiger partial charge < -0.3 is 10.0 Å². The third-order valence-corrected chi connectivity index (χ3v) is 2.76. The van der Waals surface area contributed by atoms with Crippen LogP contribution in [0, 0.1) is 0 Å². The van der Waals surface area contributed by atoms with Crippen molar-refractivity contribution in [2.75, 3.05) is 11.4 Å². The fourth-order valence-electron chi connectivity index (χ4n) is 1.77. The maximum Gasteiger partial charge on any atom is 0.326 e. The van der Waals surface area contributed by atoms with Crippen molar-refractivity contribution in [3.8, 4) is 0 Å². The highest BCUT2D eigenvalue weighted by molar-refractivity contribution is 6.30. The standard InChI is InChI=1S/C12H16ClNO2/c1-3-11(12(15)16)14(4-2)10-7-5-6-9(13)8-10/h5-8,11H,3-4H2,1-2H3,(H,15,16)/t11-/m1/s1. The molecule has 0 heterocycles.